The molecule has 0 aliphatic carbocycles. The molecule has 7 heteroatoms. The van der Waals surface area contributed by atoms with Gasteiger partial charge in [-0.25, -0.2) is 0 Å². The summed E-state index contributed by atoms with van der Waals surface area (Å²) in [6.07, 6.45) is 2.75. The van der Waals surface area contributed by atoms with Gasteiger partial charge in [0.25, 0.3) is 5.91 Å². The van der Waals surface area contributed by atoms with Crippen molar-refractivity contribution in [1.82, 2.24) is 0 Å². The van der Waals surface area contributed by atoms with Gasteiger partial charge in [0.2, 0.25) is 0 Å². The highest BCUT2D eigenvalue weighted by molar-refractivity contribution is 14.1. The number of nitrogens with zero attached hydrogens (tertiary/aromatic N) is 1. The molecular formula is C22H24ClIN2O3. The number of benzene rings is 2. The molecule has 1 unspecified atom stereocenters. The number of ether oxygens (including phenoxy) is 1. The van der Waals surface area contributed by atoms with Crippen molar-refractivity contribution in [2.75, 3.05) is 18.1 Å². The van der Waals surface area contributed by atoms with Gasteiger partial charge in [-0.15, -0.1) is 0 Å². The normalized spacial score (nSPS) is 15.7. The average Bonchev–Trinajstić information content (AvgIpc) is 3.10. The van der Waals surface area contributed by atoms with Crippen molar-refractivity contribution in [1.29, 1.82) is 0 Å². The minimum absolute atomic E-state index is 0.0164. The monoisotopic (exact) mass is 526 g/mol. The van der Waals surface area contributed by atoms with Crippen molar-refractivity contribution in [2.24, 2.45) is 5.73 Å². The van der Waals surface area contributed by atoms with Crippen molar-refractivity contribution >= 4 is 51.8 Å². The van der Waals surface area contributed by atoms with Gasteiger partial charge in [0.15, 0.2) is 0 Å². The van der Waals surface area contributed by atoms with Crippen LogP contribution in [0.3, 0.4) is 0 Å². The van der Waals surface area contributed by atoms with E-state index in [9.17, 15) is 9.59 Å². The first-order valence-electron chi connectivity index (χ1n) is 9.31. The Morgan fingerprint density at radius 1 is 1.24 bits per heavy atom. The molecule has 0 saturated carbocycles. The zero-order valence-electron chi connectivity index (χ0n) is 16.2. The molecule has 0 aromatic heterocycles. The summed E-state index contributed by atoms with van der Waals surface area (Å²) in [5.74, 6) is -0.447. The number of amides is 1. The predicted octanol–water partition coefficient (Wildman–Crippen LogP) is 4.57. The number of hydrogen-bond acceptors (Lipinski definition) is 4. The van der Waals surface area contributed by atoms with Gasteiger partial charge in [0.05, 0.1) is 6.61 Å². The number of esters is 1. The minimum atomic E-state index is -0.712. The molecule has 3 rings (SSSR count). The lowest BCUT2D eigenvalue weighted by molar-refractivity contribution is -0.144. The van der Waals surface area contributed by atoms with Crippen LogP contribution in [0, 0.1) is 3.57 Å². The van der Waals surface area contributed by atoms with Crippen LogP contribution in [0.2, 0.25) is 5.02 Å². The number of rotatable bonds is 5. The molecule has 2 N–H and O–H groups in total. The topological polar surface area (TPSA) is 72.6 Å². The molecule has 0 bridgehead atoms. The van der Waals surface area contributed by atoms with Crippen molar-refractivity contribution in [3.05, 3.63) is 74.8 Å². The van der Waals surface area contributed by atoms with Gasteiger partial charge in [-0.05, 0) is 78.8 Å². The van der Waals surface area contributed by atoms with Crippen LogP contribution in [0.15, 0.2) is 66.2 Å². The summed E-state index contributed by atoms with van der Waals surface area (Å²) in [6.45, 7) is 2.70. The van der Waals surface area contributed by atoms with Crippen LogP contribution in [0.25, 0.3) is 0 Å². The molecule has 154 valence electrons. The fourth-order valence-corrected chi connectivity index (χ4v) is 3.19. The fourth-order valence-electron chi connectivity index (χ4n) is 2.70. The lowest BCUT2D eigenvalue weighted by Crippen LogP contribution is -2.32. The van der Waals surface area contributed by atoms with E-state index < -0.39 is 12.0 Å². The van der Waals surface area contributed by atoms with E-state index in [1.54, 1.807) is 17.9 Å². The van der Waals surface area contributed by atoms with Gasteiger partial charge in [-0.1, -0.05) is 35.9 Å². The summed E-state index contributed by atoms with van der Waals surface area (Å²) in [6, 6.07) is 16.5. The third-order valence-electron chi connectivity index (χ3n) is 4.20. The Morgan fingerprint density at radius 3 is 2.48 bits per heavy atom. The standard InChI is InChI=1S/C16H20N2O3.C6H4ClI/c1-2-21-16(20)14(17)9-8-12-10-11-18(15(12)19)13-6-4-3-5-7-13;7-5-1-3-6(8)4-2-5/h3-8,14H,2,9-11,17H2,1H3;1-4H. The number of carbonyl (C=O) groups is 2. The molecule has 2 aromatic carbocycles. The largest absolute Gasteiger partial charge is 0.465 e. The molecule has 1 aliphatic rings. The first-order valence-corrected chi connectivity index (χ1v) is 10.8. The summed E-state index contributed by atoms with van der Waals surface area (Å²) >= 11 is 7.85. The second kappa shape index (κ2) is 11.9. The summed E-state index contributed by atoms with van der Waals surface area (Å²) in [5, 5.41) is 0.797. The summed E-state index contributed by atoms with van der Waals surface area (Å²) in [7, 11) is 0. The lowest BCUT2D eigenvalue weighted by Gasteiger charge is -2.14. The molecule has 1 fully saturated rings. The van der Waals surface area contributed by atoms with Crippen molar-refractivity contribution < 1.29 is 14.3 Å². The van der Waals surface area contributed by atoms with Crippen LogP contribution in [0.4, 0.5) is 5.69 Å². The van der Waals surface area contributed by atoms with Crippen molar-refractivity contribution in [3.63, 3.8) is 0 Å². The van der Waals surface area contributed by atoms with E-state index in [1.807, 2.05) is 54.6 Å². The molecule has 1 aliphatic heterocycles. The SMILES string of the molecule is CCOC(=O)C(N)CC=C1CCN(c2ccccc2)C1=O.Clc1ccc(I)cc1. The quantitative estimate of drug-likeness (QED) is 0.352. The van der Waals surface area contributed by atoms with E-state index in [2.05, 4.69) is 22.6 Å². The van der Waals surface area contributed by atoms with E-state index in [0.29, 0.717) is 31.6 Å². The van der Waals surface area contributed by atoms with Crippen LogP contribution >= 0.6 is 34.2 Å². The maximum absolute atomic E-state index is 12.3. The Bertz CT molecular complexity index is 820. The van der Waals surface area contributed by atoms with Gasteiger partial charge < -0.3 is 15.4 Å². The Kier molecular flexibility index (Phi) is 9.63. The number of para-hydroxylation sites is 1. The van der Waals surface area contributed by atoms with E-state index in [-0.39, 0.29) is 5.91 Å². The highest BCUT2D eigenvalue weighted by atomic mass is 127. The lowest BCUT2D eigenvalue weighted by atomic mass is 10.1. The van der Waals surface area contributed by atoms with E-state index in [4.69, 9.17) is 22.1 Å². The Morgan fingerprint density at radius 2 is 1.90 bits per heavy atom. The second-order valence-corrected chi connectivity index (χ2v) is 7.98. The van der Waals surface area contributed by atoms with Crippen LogP contribution in [-0.4, -0.2) is 31.1 Å². The average molecular weight is 527 g/mol. The summed E-state index contributed by atoms with van der Waals surface area (Å²) < 4.78 is 6.06. The second-order valence-electron chi connectivity index (χ2n) is 6.30. The van der Waals surface area contributed by atoms with Crippen molar-refractivity contribution in [3.8, 4) is 0 Å². The number of carbonyl (C=O) groups excluding carboxylic acids is 2. The van der Waals surface area contributed by atoms with E-state index in [1.165, 1.54) is 3.57 Å². The Hall–Kier alpha value is -1.90. The number of nitrogens with two attached hydrogens (primary N) is 1. The van der Waals surface area contributed by atoms with Crippen LogP contribution in [0.1, 0.15) is 19.8 Å². The Labute approximate surface area is 190 Å². The maximum atomic E-state index is 12.3. The smallest absolute Gasteiger partial charge is 0.323 e. The molecular weight excluding hydrogens is 503 g/mol. The highest BCUT2D eigenvalue weighted by Gasteiger charge is 2.27. The molecule has 1 atom stereocenters. The number of halogens is 2. The molecule has 0 radical (unpaired) electrons. The molecule has 1 saturated heterocycles. The molecule has 5 nitrogen and oxygen atoms in total. The van der Waals surface area contributed by atoms with Gasteiger partial charge in [0.1, 0.15) is 6.04 Å². The number of hydrogen-bond donors (Lipinski definition) is 1. The summed E-state index contributed by atoms with van der Waals surface area (Å²) in [4.78, 5) is 25.5. The van der Waals surface area contributed by atoms with Gasteiger partial charge in [0, 0.05) is 26.4 Å². The predicted molar refractivity (Wildman–Crippen MR) is 125 cm³/mol. The third kappa shape index (κ3) is 7.45. The minimum Gasteiger partial charge on any atom is -0.465 e. The molecule has 0 spiro atoms. The van der Waals surface area contributed by atoms with Crippen LogP contribution < -0.4 is 10.6 Å². The van der Waals surface area contributed by atoms with E-state index in [0.717, 1.165) is 10.7 Å². The molecule has 1 amide bonds. The Balaban J connectivity index is 0.000000313. The van der Waals surface area contributed by atoms with Crippen LogP contribution in [-0.2, 0) is 14.3 Å². The van der Waals surface area contributed by atoms with E-state index >= 15 is 0 Å². The molecule has 2 aromatic rings. The first-order chi connectivity index (χ1) is 13.9. The third-order valence-corrected chi connectivity index (χ3v) is 5.17. The molecule has 29 heavy (non-hydrogen) atoms. The maximum Gasteiger partial charge on any atom is 0.323 e. The van der Waals surface area contributed by atoms with Gasteiger partial charge in [-0.3, -0.25) is 9.59 Å². The van der Waals surface area contributed by atoms with Crippen LogP contribution in [0.5, 0.6) is 0 Å². The zero-order chi connectivity index (χ0) is 21.2. The van der Waals surface area contributed by atoms with Gasteiger partial charge in [-0.2, -0.15) is 0 Å². The zero-order valence-corrected chi connectivity index (χ0v) is 19.1. The van der Waals surface area contributed by atoms with Gasteiger partial charge >= 0.3 is 5.97 Å². The fraction of sp³-hybridized carbons (Fsp3) is 0.273. The molecule has 1 heterocycles. The highest BCUT2D eigenvalue weighted by Crippen LogP contribution is 2.24. The first kappa shape index (κ1) is 23.4. The van der Waals surface area contributed by atoms with Crippen molar-refractivity contribution in [2.45, 2.75) is 25.8 Å². The summed E-state index contributed by atoms with van der Waals surface area (Å²) in [5.41, 5.74) is 7.33. The number of anilines is 1.